The van der Waals surface area contributed by atoms with Gasteiger partial charge in [-0.25, -0.2) is 0 Å². The Labute approximate surface area is 121 Å². The number of anilines is 1. The topological polar surface area (TPSA) is 47.3 Å². The smallest absolute Gasteiger partial charge is 0.124 e. The minimum Gasteiger partial charge on any atom is -0.496 e. The van der Waals surface area contributed by atoms with E-state index in [9.17, 15) is 0 Å². The fraction of sp³-hybridized carbons (Fsp3) is 0.200. The molecular weight excluding hydrogens is 304 g/mol. The summed E-state index contributed by atoms with van der Waals surface area (Å²) in [4.78, 5) is 0. The van der Waals surface area contributed by atoms with E-state index in [2.05, 4.69) is 27.3 Å². The summed E-state index contributed by atoms with van der Waals surface area (Å²) in [6, 6.07) is 13.9. The van der Waals surface area contributed by atoms with Crippen molar-refractivity contribution in [3.8, 4) is 5.75 Å². The first-order valence-electron chi connectivity index (χ1n) is 6.02. The molecule has 0 heterocycles. The van der Waals surface area contributed by atoms with Crippen molar-refractivity contribution >= 4 is 21.6 Å². The molecule has 0 fully saturated rings. The van der Waals surface area contributed by atoms with E-state index in [0.29, 0.717) is 0 Å². The van der Waals surface area contributed by atoms with Crippen LogP contribution in [-0.2, 0) is 0 Å². The van der Waals surface area contributed by atoms with Gasteiger partial charge < -0.3 is 15.8 Å². The van der Waals surface area contributed by atoms with Crippen LogP contribution in [0.25, 0.3) is 0 Å². The highest BCUT2D eigenvalue weighted by Gasteiger charge is 2.16. The molecule has 0 spiro atoms. The molecule has 1 atom stereocenters. The highest BCUT2D eigenvalue weighted by Crippen LogP contribution is 2.32. The zero-order chi connectivity index (χ0) is 13.8. The number of benzene rings is 2. The van der Waals surface area contributed by atoms with Gasteiger partial charge in [0.1, 0.15) is 5.75 Å². The van der Waals surface area contributed by atoms with Crippen molar-refractivity contribution in [3.63, 3.8) is 0 Å². The number of ether oxygens (including phenoxy) is 1. The maximum Gasteiger partial charge on any atom is 0.124 e. The van der Waals surface area contributed by atoms with Gasteiger partial charge in [-0.15, -0.1) is 0 Å². The third-order valence-electron chi connectivity index (χ3n) is 3.06. The maximum absolute atomic E-state index is 5.73. The molecule has 0 radical (unpaired) electrons. The lowest BCUT2D eigenvalue weighted by atomic mass is 9.98. The first kappa shape index (κ1) is 13.9. The van der Waals surface area contributed by atoms with E-state index < -0.39 is 0 Å². The first-order chi connectivity index (χ1) is 9.15. The number of rotatable bonds is 4. The summed E-state index contributed by atoms with van der Waals surface area (Å²) in [6.45, 7) is 0. The van der Waals surface area contributed by atoms with E-state index in [4.69, 9.17) is 10.5 Å². The third kappa shape index (κ3) is 3.08. The van der Waals surface area contributed by atoms with Crippen LogP contribution >= 0.6 is 15.9 Å². The van der Waals surface area contributed by atoms with Gasteiger partial charge in [-0.05, 0) is 42.9 Å². The summed E-state index contributed by atoms with van der Waals surface area (Å²) in [7, 11) is 3.61. The van der Waals surface area contributed by atoms with Gasteiger partial charge >= 0.3 is 0 Å². The van der Waals surface area contributed by atoms with E-state index in [1.165, 1.54) is 0 Å². The van der Waals surface area contributed by atoms with Crippen molar-refractivity contribution in [1.82, 2.24) is 5.32 Å². The van der Waals surface area contributed by atoms with E-state index in [0.717, 1.165) is 27.0 Å². The van der Waals surface area contributed by atoms with Crippen LogP contribution in [0.2, 0.25) is 0 Å². The van der Waals surface area contributed by atoms with Gasteiger partial charge in [0.25, 0.3) is 0 Å². The van der Waals surface area contributed by atoms with Crippen molar-refractivity contribution in [2.24, 2.45) is 0 Å². The van der Waals surface area contributed by atoms with Gasteiger partial charge in [-0.1, -0.05) is 28.1 Å². The molecule has 0 aliphatic carbocycles. The second-order valence-corrected chi connectivity index (χ2v) is 5.19. The predicted molar refractivity (Wildman–Crippen MR) is 82.5 cm³/mol. The van der Waals surface area contributed by atoms with Gasteiger partial charge in [-0.3, -0.25) is 0 Å². The van der Waals surface area contributed by atoms with Crippen molar-refractivity contribution in [2.45, 2.75) is 6.04 Å². The number of nitrogens with one attached hydrogen (secondary N) is 1. The number of nitrogen functional groups attached to an aromatic ring is 1. The summed E-state index contributed by atoms with van der Waals surface area (Å²) in [5.41, 5.74) is 8.73. The molecule has 3 N–H and O–H groups in total. The Bertz CT molecular complexity index is 555. The largest absolute Gasteiger partial charge is 0.496 e. The van der Waals surface area contributed by atoms with Crippen molar-refractivity contribution in [1.29, 1.82) is 0 Å². The van der Waals surface area contributed by atoms with Crippen LogP contribution < -0.4 is 15.8 Å². The molecule has 4 heteroatoms. The Morgan fingerprint density at radius 2 is 1.84 bits per heavy atom. The Morgan fingerprint density at radius 3 is 2.42 bits per heavy atom. The minimum absolute atomic E-state index is 0.0630. The zero-order valence-corrected chi connectivity index (χ0v) is 12.6. The fourth-order valence-corrected chi connectivity index (χ4v) is 2.50. The average molecular weight is 321 g/mol. The quantitative estimate of drug-likeness (QED) is 0.849. The van der Waals surface area contributed by atoms with Crippen LogP contribution in [0.3, 0.4) is 0 Å². The summed E-state index contributed by atoms with van der Waals surface area (Å²) in [6.07, 6.45) is 0. The Kier molecular flexibility index (Phi) is 4.45. The molecule has 0 saturated carbocycles. The molecule has 2 rings (SSSR count). The van der Waals surface area contributed by atoms with Gasteiger partial charge in [0.2, 0.25) is 0 Å². The molecule has 0 aliphatic heterocycles. The lowest BCUT2D eigenvalue weighted by Crippen LogP contribution is -2.18. The fourth-order valence-electron chi connectivity index (χ4n) is 2.12. The predicted octanol–water partition coefficient (Wildman–Crippen LogP) is 3.35. The lowest BCUT2D eigenvalue weighted by molar-refractivity contribution is 0.405. The number of hydrogen-bond acceptors (Lipinski definition) is 3. The number of halogens is 1. The second-order valence-electron chi connectivity index (χ2n) is 4.27. The molecule has 2 aromatic rings. The highest BCUT2D eigenvalue weighted by molar-refractivity contribution is 9.10. The van der Waals surface area contributed by atoms with Crippen molar-refractivity contribution in [3.05, 3.63) is 58.1 Å². The summed E-state index contributed by atoms with van der Waals surface area (Å²) in [5.74, 6) is 0.861. The number of methoxy groups -OCH3 is 1. The van der Waals surface area contributed by atoms with E-state index >= 15 is 0 Å². The Morgan fingerprint density at radius 1 is 1.16 bits per heavy atom. The summed E-state index contributed by atoms with van der Waals surface area (Å²) >= 11 is 3.50. The van der Waals surface area contributed by atoms with Crippen LogP contribution in [0.1, 0.15) is 17.2 Å². The van der Waals surface area contributed by atoms with Crippen LogP contribution in [0, 0.1) is 0 Å². The van der Waals surface area contributed by atoms with Crippen LogP contribution in [0.15, 0.2) is 46.9 Å². The van der Waals surface area contributed by atoms with Gasteiger partial charge in [0.05, 0.1) is 13.2 Å². The molecule has 0 bridgehead atoms. The molecule has 0 aromatic heterocycles. The van der Waals surface area contributed by atoms with Crippen molar-refractivity contribution < 1.29 is 4.74 Å². The molecule has 19 heavy (non-hydrogen) atoms. The van der Waals surface area contributed by atoms with Gasteiger partial charge in [-0.2, -0.15) is 0 Å². The van der Waals surface area contributed by atoms with Crippen LogP contribution in [-0.4, -0.2) is 14.2 Å². The molecule has 0 aliphatic rings. The van der Waals surface area contributed by atoms with E-state index in [1.54, 1.807) is 7.11 Å². The third-order valence-corrected chi connectivity index (χ3v) is 3.55. The maximum atomic E-state index is 5.73. The number of hydrogen-bond donors (Lipinski definition) is 2. The van der Waals surface area contributed by atoms with Crippen LogP contribution in [0.4, 0.5) is 5.69 Å². The minimum atomic E-state index is 0.0630. The van der Waals surface area contributed by atoms with Crippen LogP contribution in [0.5, 0.6) is 5.75 Å². The monoisotopic (exact) mass is 320 g/mol. The molecule has 0 saturated heterocycles. The molecule has 100 valence electrons. The zero-order valence-electron chi connectivity index (χ0n) is 11.0. The first-order valence-corrected chi connectivity index (χ1v) is 6.81. The highest BCUT2D eigenvalue weighted by atomic mass is 79.9. The Balaban J connectivity index is 2.47. The lowest BCUT2D eigenvalue weighted by Gasteiger charge is -2.20. The standard InChI is InChI=1S/C15H17BrN2O/c1-18-15(10-3-6-12(17)7-4-10)13-9-11(16)5-8-14(13)19-2/h3-9,15,18H,17H2,1-2H3. The van der Waals surface area contributed by atoms with Gasteiger partial charge in [0, 0.05) is 15.7 Å². The summed E-state index contributed by atoms with van der Waals surface area (Å²) < 4.78 is 6.47. The molecule has 1 unspecified atom stereocenters. The normalized spacial score (nSPS) is 12.2. The second kappa shape index (κ2) is 6.08. The molecular formula is C15H17BrN2O. The van der Waals surface area contributed by atoms with Gasteiger partial charge in [0.15, 0.2) is 0 Å². The van der Waals surface area contributed by atoms with E-state index in [-0.39, 0.29) is 6.04 Å². The Hall–Kier alpha value is -1.52. The number of nitrogens with two attached hydrogens (primary N) is 1. The summed E-state index contributed by atoms with van der Waals surface area (Å²) in [5, 5.41) is 3.31. The van der Waals surface area contributed by atoms with E-state index in [1.807, 2.05) is 43.4 Å². The SMILES string of the molecule is CNC(c1ccc(N)cc1)c1cc(Br)ccc1OC. The molecule has 0 amide bonds. The van der Waals surface area contributed by atoms with Crippen molar-refractivity contribution in [2.75, 3.05) is 19.9 Å². The molecule has 2 aromatic carbocycles. The molecule has 3 nitrogen and oxygen atoms in total. The average Bonchev–Trinajstić information content (AvgIpc) is 2.42.